The van der Waals surface area contributed by atoms with Gasteiger partial charge in [-0.1, -0.05) is 30.3 Å². The maximum atomic E-state index is 12.4. The molecule has 0 saturated heterocycles. The lowest BCUT2D eigenvalue weighted by atomic mass is 10.1. The van der Waals surface area contributed by atoms with Gasteiger partial charge in [-0.15, -0.1) is 0 Å². The molecule has 0 radical (unpaired) electrons. The third kappa shape index (κ3) is 5.62. The first kappa shape index (κ1) is 19.5. The zero-order valence-corrected chi connectivity index (χ0v) is 15.9. The second-order valence-corrected chi connectivity index (χ2v) is 6.76. The van der Waals surface area contributed by atoms with Gasteiger partial charge in [-0.05, 0) is 36.8 Å². The molecule has 2 aromatic rings. The molecule has 0 heterocycles. The Bertz CT molecular complexity index is 727. The molecule has 0 aliphatic heterocycles. The highest BCUT2D eigenvalue weighted by atomic mass is 16.2. The van der Waals surface area contributed by atoms with E-state index in [1.807, 2.05) is 68.4 Å². The highest BCUT2D eigenvalue weighted by Crippen LogP contribution is 2.14. The van der Waals surface area contributed by atoms with E-state index in [1.54, 1.807) is 24.1 Å². The standard InChI is InChI=1S/C21H27N3O2/c1-16(22-21(26)18-8-6-5-7-9-18)14-20(25)24(4)15-17-10-12-19(13-11-17)23(2)3/h5-13,16H,14-15H2,1-4H3,(H,22,26). The van der Waals surface area contributed by atoms with Crippen molar-refractivity contribution >= 4 is 17.5 Å². The molecular weight excluding hydrogens is 326 g/mol. The maximum absolute atomic E-state index is 12.4. The number of nitrogens with zero attached hydrogens (tertiary/aromatic N) is 2. The highest BCUT2D eigenvalue weighted by Gasteiger charge is 2.16. The number of anilines is 1. The Morgan fingerprint density at radius 3 is 2.15 bits per heavy atom. The fourth-order valence-corrected chi connectivity index (χ4v) is 2.63. The summed E-state index contributed by atoms with van der Waals surface area (Å²) < 4.78 is 0. The Morgan fingerprint density at radius 1 is 0.962 bits per heavy atom. The highest BCUT2D eigenvalue weighted by molar-refractivity contribution is 5.94. The van der Waals surface area contributed by atoms with Crippen LogP contribution in [0.25, 0.3) is 0 Å². The molecule has 0 aliphatic rings. The molecule has 5 heteroatoms. The fraction of sp³-hybridized carbons (Fsp3) is 0.333. The fourth-order valence-electron chi connectivity index (χ4n) is 2.63. The molecule has 0 bridgehead atoms. The van der Waals surface area contributed by atoms with E-state index < -0.39 is 0 Å². The molecule has 2 rings (SSSR count). The van der Waals surface area contributed by atoms with Crippen LogP contribution in [0.1, 0.15) is 29.3 Å². The van der Waals surface area contributed by atoms with Gasteiger partial charge in [0.15, 0.2) is 0 Å². The molecule has 2 amide bonds. The average molecular weight is 353 g/mol. The van der Waals surface area contributed by atoms with Crippen LogP contribution in [0, 0.1) is 0 Å². The summed E-state index contributed by atoms with van der Waals surface area (Å²) in [6.45, 7) is 2.39. The van der Waals surface area contributed by atoms with Crippen LogP contribution in [0.2, 0.25) is 0 Å². The summed E-state index contributed by atoms with van der Waals surface area (Å²) >= 11 is 0. The van der Waals surface area contributed by atoms with Crippen LogP contribution in [-0.4, -0.2) is 43.9 Å². The van der Waals surface area contributed by atoms with Crippen LogP contribution < -0.4 is 10.2 Å². The summed E-state index contributed by atoms with van der Waals surface area (Å²) in [5, 5.41) is 2.87. The minimum absolute atomic E-state index is 0.00236. The number of benzene rings is 2. The lowest BCUT2D eigenvalue weighted by molar-refractivity contribution is -0.130. The van der Waals surface area contributed by atoms with E-state index >= 15 is 0 Å². The van der Waals surface area contributed by atoms with Crippen molar-refractivity contribution in [2.45, 2.75) is 25.9 Å². The lowest BCUT2D eigenvalue weighted by Gasteiger charge is -2.21. The normalized spacial score (nSPS) is 11.5. The Kier molecular flexibility index (Phi) is 6.78. The van der Waals surface area contributed by atoms with E-state index in [9.17, 15) is 9.59 Å². The van der Waals surface area contributed by atoms with Crippen LogP contribution in [0.4, 0.5) is 5.69 Å². The first-order valence-corrected chi connectivity index (χ1v) is 8.73. The van der Waals surface area contributed by atoms with Crippen molar-refractivity contribution in [1.82, 2.24) is 10.2 Å². The molecule has 0 spiro atoms. The Balaban J connectivity index is 1.85. The number of amides is 2. The van der Waals surface area contributed by atoms with Crippen LogP contribution in [0.5, 0.6) is 0 Å². The SMILES string of the molecule is CC(CC(=O)N(C)Cc1ccc(N(C)C)cc1)NC(=O)c1ccccc1. The number of hydrogen-bond acceptors (Lipinski definition) is 3. The number of rotatable bonds is 7. The zero-order valence-electron chi connectivity index (χ0n) is 15.9. The van der Waals surface area contributed by atoms with Crippen molar-refractivity contribution in [3.05, 3.63) is 65.7 Å². The smallest absolute Gasteiger partial charge is 0.251 e. The first-order valence-electron chi connectivity index (χ1n) is 8.73. The van der Waals surface area contributed by atoms with E-state index in [0.717, 1.165) is 11.3 Å². The first-order chi connectivity index (χ1) is 12.4. The van der Waals surface area contributed by atoms with Crippen molar-refractivity contribution < 1.29 is 9.59 Å². The Morgan fingerprint density at radius 2 is 1.58 bits per heavy atom. The monoisotopic (exact) mass is 353 g/mol. The predicted octanol–water partition coefficient (Wildman–Crippen LogP) is 2.92. The van der Waals surface area contributed by atoms with Gasteiger partial charge in [0.25, 0.3) is 5.91 Å². The molecule has 0 saturated carbocycles. The van der Waals surface area contributed by atoms with Crippen molar-refractivity contribution in [3.63, 3.8) is 0 Å². The van der Waals surface area contributed by atoms with Crippen LogP contribution in [0.3, 0.4) is 0 Å². The molecule has 0 aromatic heterocycles. The molecule has 0 fully saturated rings. The summed E-state index contributed by atoms with van der Waals surface area (Å²) in [6.07, 6.45) is 0.269. The summed E-state index contributed by atoms with van der Waals surface area (Å²) in [5.74, 6) is -0.157. The number of nitrogens with one attached hydrogen (secondary N) is 1. The Labute approximate surface area is 155 Å². The summed E-state index contributed by atoms with van der Waals surface area (Å²) in [4.78, 5) is 28.3. The van der Waals surface area contributed by atoms with Crippen LogP contribution in [-0.2, 0) is 11.3 Å². The van der Waals surface area contributed by atoms with Gasteiger partial charge in [0.1, 0.15) is 0 Å². The third-order valence-corrected chi connectivity index (χ3v) is 4.19. The van der Waals surface area contributed by atoms with Gasteiger partial charge in [0, 0.05) is 51.4 Å². The second-order valence-electron chi connectivity index (χ2n) is 6.76. The molecular formula is C21H27N3O2. The number of carbonyl (C=O) groups is 2. The van der Waals surface area contributed by atoms with Crippen LogP contribution >= 0.6 is 0 Å². The molecule has 0 aliphatic carbocycles. The zero-order chi connectivity index (χ0) is 19.1. The van der Waals surface area contributed by atoms with Crippen molar-refractivity contribution in [2.75, 3.05) is 26.0 Å². The quantitative estimate of drug-likeness (QED) is 0.833. The van der Waals surface area contributed by atoms with Gasteiger partial charge in [-0.3, -0.25) is 9.59 Å². The Hall–Kier alpha value is -2.82. The van der Waals surface area contributed by atoms with Crippen molar-refractivity contribution in [1.29, 1.82) is 0 Å². The largest absolute Gasteiger partial charge is 0.378 e. The summed E-state index contributed by atoms with van der Waals surface area (Å²) in [6, 6.07) is 16.9. The van der Waals surface area contributed by atoms with Gasteiger partial charge in [-0.25, -0.2) is 0 Å². The van der Waals surface area contributed by atoms with E-state index in [-0.39, 0.29) is 24.3 Å². The number of carbonyl (C=O) groups excluding carboxylic acids is 2. The molecule has 138 valence electrons. The van der Waals surface area contributed by atoms with Crippen molar-refractivity contribution in [3.8, 4) is 0 Å². The summed E-state index contributed by atoms with van der Waals surface area (Å²) in [5.41, 5.74) is 2.80. The predicted molar refractivity (Wildman–Crippen MR) is 105 cm³/mol. The maximum Gasteiger partial charge on any atom is 0.251 e. The minimum Gasteiger partial charge on any atom is -0.378 e. The lowest BCUT2D eigenvalue weighted by Crippen LogP contribution is -2.37. The van der Waals surface area contributed by atoms with Crippen LogP contribution in [0.15, 0.2) is 54.6 Å². The van der Waals surface area contributed by atoms with Gasteiger partial charge in [0.05, 0.1) is 0 Å². The molecule has 1 N–H and O–H groups in total. The minimum atomic E-state index is -0.228. The van der Waals surface area contributed by atoms with Gasteiger partial charge in [-0.2, -0.15) is 0 Å². The van der Waals surface area contributed by atoms with Gasteiger partial charge in [0.2, 0.25) is 5.91 Å². The number of hydrogen-bond donors (Lipinski definition) is 1. The van der Waals surface area contributed by atoms with E-state index in [4.69, 9.17) is 0 Å². The van der Waals surface area contributed by atoms with Gasteiger partial charge >= 0.3 is 0 Å². The second kappa shape index (κ2) is 9.04. The van der Waals surface area contributed by atoms with Crippen molar-refractivity contribution in [2.24, 2.45) is 0 Å². The van der Waals surface area contributed by atoms with Gasteiger partial charge < -0.3 is 15.1 Å². The van der Waals surface area contributed by atoms with E-state index in [0.29, 0.717) is 12.1 Å². The topological polar surface area (TPSA) is 52.7 Å². The molecule has 1 unspecified atom stereocenters. The van der Waals surface area contributed by atoms with E-state index in [2.05, 4.69) is 5.32 Å². The molecule has 26 heavy (non-hydrogen) atoms. The van der Waals surface area contributed by atoms with E-state index in [1.165, 1.54) is 0 Å². The summed E-state index contributed by atoms with van der Waals surface area (Å²) in [7, 11) is 5.78. The molecule has 2 aromatic carbocycles. The third-order valence-electron chi connectivity index (χ3n) is 4.19. The average Bonchev–Trinajstić information content (AvgIpc) is 2.62. The molecule has 5 nitrogen and oxygen atoms in total. The molecule has 1 atom stereocenters.